The number of hydrogen-bond acceptors (Lipinski definition) is 12. The van der Waals surface area contributed by atoms with Crippen molar-refractivity contribution in [3.63, 3.8) is 0 Å². The Morgan fingerprint density at radius 2 is 1.76 bits per heavy atom. The zero-order valence-corrected chi connectivity index (χ0v) is 36.1. The number of hydrogen-bond donors (Lipinski definition) is 6. The van der Waals surface area contributed by atoms with Gasteiger partial charge in [-0.2, -0.15) is 0 Å². The quantitative estimate of drug-likeness (QED) is 0.120. The van der Waals surface area contributed by atoms with Gasteiger partial charge in [0.05, 0.1) is 24.7 Å². The van der Waals surface area contributed by atoms with E-state index in [4.69, 9.17) is 9.57 Å². The molecular formula is C45H62FN5O11. The third kappa shape index (κ3) is 14.7. The maximum absolute atomic E-state index is 14.4. The number of ketones is 1. The number of carbonyl (C=O) groups excluding carboxylic acids is 6. The molecule has 0 aromatic heterocycles. The molecule has 62 heavy (non-hydrogen) atoms. The summed E-state index contributed by atoms with van der Waals surface area (Å²) >= 11 is 0. The predicted molar refractivity (Wildman–Crippen MR) is 225 cm³/mol. The molecule has 3 aliphatic heterocycles. The van der Waals surface area contributed by atoms with E-state index in [1.807, 2.05) is 0 Å². The molecule has 17 heteroatoms. The van der Waals surface area contributed by atoms with Crippen LogP contribution in [0, 0.1) is 23.6 Å². The summed E-state index contributed by atoms with van der Waals surface area (Å²) in [7, 11) is 0. The lowest BCUT2D eigenvalue weighted by Gasteiger charge is -2.36. The van der Waals surface area contributed by atoms with Crippen LogP contribution in [0.4, 0.5) is 4.39 Å². The first kappa shape index (κ1) is 49.4. The number of hydrazine groups is 1. The van der Waals surface area contributed by atoms with Crippen molar-refractivity contribution in [3.05, 3.63) is 77.7 Å². The zero-order chi connectivity index (χ0) is 45.5. The molecule has 2 saturated heterocycles. The SMILES string of the molecule is CC(=O)CC[C@H]1C(=O)N[C@@H](C(C)C)C(=O)N[C@@H](Cc2cc(O)cc(F)c2)C(=O)N2CCCC(N2)C(=O)O[C@H](C(C)=CC=CC(=O)N2CCCCO2)CC=CC=C[C@H](O)[C@H](C)[C@H]1O. The van der Waals surface area contributed by atoms with Crippen LogP contribution in [0.25, 0.3) is 0 Å². The molecule has 4 amide bonds. The monoisotopic (exact) mass is 867 g/mol. The van der Waals surface area contributed by atoms with Gasteiger partial charge in [0, 0.05) is 50.4 Å². The summed E-state index contributed by atoms with van der Waals surface area (Å²) in [4.78, 5) is 86.3. The van der Waals surface area contributed by atoms with E-state index in [0.29, 0.717) is 31.6 Å². The maximum Gasteiger partial charge on any atom is 0.325 e. The molecule has 2 bridgehead atoms. The average Bonchev–Trinajstić information content (AvgIpc) is 3.23. The molecule has 1 aromatic rings. The van der Waals surface area contributed by atoms with E-state index in [1.165, 1.54) is 41.3 Å². The van der Waals surface area contributed by atoms with E-state index < -0.39 is 89.4 Å². The van der Waals surface area contributed by atoms with Gasteiger partial charge in [0.25, 0.3) is 11.8 Å². The summed E-state index contributed by atoms with van der Waals surface area (Å²) in [6.45, 7) is 9.00. The molecule has 3 aliphatic rings. The summed E-state index contributed by atoms with van der Waals surface area (Å²) < 4.78 is 20.5. The standard InChI is InChI=1S/C45H62FN5O11/c1-27(2)40-43(58)47-36(25-31-23-32(46)26-33(53)24-31)44(59)50-20-12-14-35(49-50)45(60)62-38(28(3)13-11-17-39(55)51-21-9-10-22-61-51)16-8-6-7-15-37(54)30(5)41(56)34(42(57)48-40)19-18-29(4)52/h6-8,11,13,15,17,23-24,26-27,30,34-38,40-41,49,53-54,56H,9-10,12,14,16,18-22,25H2,1-5H3,(H,47,58)(H,48,57)/t30-,34+,35?,36-,37-,38-,40-,41+/m0/s1. The van der Waals surface area contributed by atoms with Crippen LogP contribution < -0.4 is 16.1 Å². The summed E-state index contributed by atoms with van der Waals surface area (Å²) in [6, 6.07) is -0.401. The second kappa shape index (κ2) is 23.8. The number of hydroxylamine groups is 2. The van der Waals surface area contributed by atoms with Crippen molar-refractivity contribution in [1.82, 2.24) is 26.1 Å². The number of Topliss-reactive ketones (excluding diaryl/α,β-unsaturated/α-hetero) is 1. The molecule has 0 saturated carbocycles. The second-order valence-corrected chi connectivity index (χ2v) is 16.5. The lowest BCUT2D eigenvalue weighted by Crippen LogP contribution is -2.62. The Morgan fingerprint density at radius 3 is 2.44 bits per heavy atom. The number of esters is 1. The highest BCUT2D eigenvalue weighted by Crippen LogP contribution is 2.24. The minimum absolute atomic E-state index is 0.0610. The van der Waals surface area contributed by atoms with Crippen LogP contribution in [0.2, 0.25) is 0 Å². The van der Waals surface area contributed by atoms with Crippen LogP contribution in [0.3, 0.4) is 0 Å². The number of ether oxygens (including phenoxy) is 1. The number of phenolic OH excluding ortho intramolecular Hbond substituents is 1. The Bertz CT molecular complexity index is 1860. The average molecular weight is 868 g/mol. The topological polar surface area (TPSA) is 224 Å². The number of rotatable bonds is 9. The van der Waals surface area contributed by atoms with E-state index in [1.54, 1.807) is 52.0 Å². The fraction of sp³-hybridized carbons (Fsp3) is 0.556. The number of nitrogens with zero attached hydrogens (tertiary/aromatic N) is 2. The minimum atomic E-state index is -1.46. The molecule has 0 aliphatic carbocycles. The molecule has 8 atom stereocenters. The number of phenols is 1. The van der Waals surface area contributed by atoms with E-state index in [9.17, 15) is 48.5 Å². The number of aliphatic hydroxyl groups is 2. The van der Waals surface area contributed by atoms with Crippen molar-refractivity contribution in [3.8, 4) is 5.75 Å². The van der Waals surface area contributed by atoms with Crippen molar-refractivity contribution >= 4 is 35.4 Å². The molecule has 4 rings (SSSR count). The fourth-order valence-corrected chi connectivity index (χ4v) is 7.36. The molecule has 0 spiro atoms. The molecule has 16 nitrogen and oxygen atoms in total. The number of benzene rings is 1. The summed E-state index contributed by atoms with van der Waals surface area (Å²) in [5.74, 6) is -7.33. The van der Waals surface area contributed by atoms with E-state index in [-0.39, 0.29) is 49.5 Å². The first-order chi connectivity index (χ1) is 29.4. The molecular weight excluding hydrogens is 806 g/mol. The normalized spacial score (nSPS) is 27.9. The Labute approximate surface area is 362 Å². The van der Waals surface area contributed by atoms with Crippen molar-refractivity contribution < 1.29 is 58.1 Å². The highest BCUT2D eigenvalue weighted by molar-refractivity contribution is 5.93. The number of carbonyl (C=O) groups is 6. The lowest BCUT2D eigenvalue weighted by molar-refractivity contribution is -0.191. The van der Waals surface area contributed by atoms with Crippen LogP contribution in [0.1, 0.15) is 85.1 Å². The summed E-state index contributed by atoms with van der Waals surface area (Å²) in [5, 5.41) is 40.6. The van der Waals surface area contributed by atoms with Crippen LogP contribution in [0.5, 0.6) is 5.75 Å². The molecule has 1 unspecified atom stereocenters. The molecule has 6 N–H and O–H groups in total. The van der Waals surface area contributed by atoms with Crippen molar-refractivity contribution in [1.29, 1.82) is 0 Å². The Hall–Kier alpha value is -5.23. The van der Waals surface area contributed by atoms with Gasteiger partial charge in [-0.15, -0.1) is 0 Å². The van der Waals surface area contributed by atoms with Gasteiger partial charge in [-0.25, -0.2) is 14.9 Å². The third-order valence-corrected chi connectivity index (χ3v) is 11.1. The summed E-state index contributed by atoms with van der Waals surface area (Å²) in [5.41, 5.74) is 3.69. The number of fused-ring (bicyclic) bond motifs is 2. The number of amides is 4. The highest BCUT2D eigenvalue weighted by Gasteiger charge is 2.39. The molecule has 340 valence electrons. The van der Waals surface area contributed by atoms with Crippen molar-refractivity contribution in [2.24, 2.45) is 17.8 Å². The van der Waals surface area contributed by atoms with Crippen molar-refractivity contribution in [2.45, 2.75) is 122 Å². The van der Waals surface area contributed by atoms with E-state index >= 15 is 0 Å². The maximum atomic E-state index is 14.4. The highest BCUT2D eigenvalue weighted by atomic mass is 19.1. The van der Waals surface area contributed by atoms with Crippen LogP contribution in [0.15, 0.2) is 66.3 Å². The Kier molecular flexibility index (Phi) is 19.0. The Balaban J connectivity index is 1.71. The van der Waals surface area contributed by atoms with E-state index in [2.05, 4.69) is 16.1 Å². The van der Waals surface area contributed by atoms with Gasteiger partial charge in [-0.3, -0.25) is 33.8 Å². The number of halogens is 1. The van der Waals surface area contributed by atoms with Gasteiger partial charge in [-0.05, 0) is 75.1 Å². The zero-order valence-electron chi connectivity index (χ0n) is 36.1. The smallest absolute Gasteiger partial charge is 0.325 e. The van der Waals surface area contributed by atoms with Crippen molar-refractivity contribution in [2.75, 3.05) is 19.7 Å². The third-order valence-electron chi connectivity index (χ3n) is 11.1. The fourth-order valence-electron chi connectivity index (χ4n) is 7.36. The lowest BCUT2D eigenvalue weighted by atomic mass is 9.84. The van der Waals surface area contributed by atoms with Crippen LogP contribution in [-0.2, 0) is 44.8 Å². The van der Waals surface area contributed by atoms with Gasteiger partial charge in [0.1, 0.15) is 41.6 Å². The van der Waals surface area contributed by atoms with E-state index in [0.717, 1.165) is 25.0 Å². The number of cyclic esters (lactones) is 1. The minimum Gasteiger partial charge on any atom is -0.508 e. The van der Waals surface area contributed by atoms with Crippen LogP contribution >= 0.6 is 0 Å². The van der Waals surface area contributed by atoms with Gasteiger partial charge in [0.2, 0.25) is 11.8 Å². The number of allylic oxidation sites excluding steroid dienone is 4. The predicted octanol–water partition coefficient (Wildman–Crippen LogP) is 3.02. The first-order valence-corrected chi connectivity index (χ1v) is 21.3. The molecule has 2 fully saturated rings. The summed E-state index contributed by atoms with van der Waals surface area (Å²) in [6.07, 6.45) is 9.38. The molecule has 1 aromatic carbocycles. The van der Waals surface area contributed by atoms with Crippen LogP contribution in [-0.4, -0.2) is 117 Å². The second-order valence-electron chi connectivity index (χ2n) is 16.5. The first-order valence-electron chi connectivity index (χ1n) is 21.3. The molecule has 0 radical (unpaired) electrons. The van der Waals surface area contributed by atoms with Gasteiger partial charge in [-0.1, -0.05) is 57.2 Å². The number of aliphatic hydroxyl groups excluding tert-OH is 2. The van der Waals surface area contributed by atoms with Gasteiger partial charge < -0.3 is 35.5 Å². The van der Waals surface area contributed by atoms with Gasteiger partial charge >= 0.3 is 5.97 Å². The number of aromatic hydroxyl groups is 1. The number of nitrogens with one attached hydrogen (secondary N) is 3. The largest absolute Gasteiger partial charge is 0.508 e. The Morgan fingerprint density at radius 1 is 1.00 bits per heavy atom. The molecule has 3 heterocycles. The van der Waals surface area contributed by atoms with Gasteiger partial charge in [0.15, 0.2) is 0 Å².